The first-order chi connectivity index (χ1) is 13.6. The molecule has 1 fully saturated rings. The number of nitrogens with zero attached hydrogens (tertiary/aromatic N) is 6. The van der Waals surface area contributed by atoms with Crippen LogP contribution in [0.5, 0.6) is 5.88 Å². The number of azo groups is 1. The summed E-state index contributed by atoms with van der Waals surface area (Å²) < 4.78 is 1.82. The molecule has 1 N–H and O–H groups in total. The topological polar surface area (TPSA) is 86.3 Å². The fraction of sp³-hybridized carbons (Fsp3) is 0.300. The summed E-state index contributed by atoms with van der Waals surface area (Å²) in [6.45, 7) is 4.40. The summed E-state index contributed by atoms with van der Waals surface area (Å²) >= 11 is 0. The van der Waals surface area contributed by atoms with Gasteiger partial charge in [0.05, 0.1) is 12.2 Å². The second kappa shape index (κ2) is 7.87. The van der Waals surface area contributed by atoms with E-state index in [0.717, 1.165) is 37.1 Å². The molecular formula is C20H22N6O2. The number of pyridine rings is 1. The van der Waals surface area contributed by atoms with Crippen molar-refractivity contribution in [2.75, 3.05) is 33.2 Å². The smallest absolute Gasteiger partial charge is 0.313 e. The lowest BCUT2D eigenvalue weighted by Gasteiger charge is -2.32. The number of fused-ring (bicyclic) bond motifs is 1. The summed E-state index contributed by atoms with van der Waals surface area (Å²) in [6, 6.07) is 12.6. The average molecular weight is 378 g/mol. The zero-order valence-electron chi connectivity index (χ0n) is 15.7. The van der Waals surface area contributed by atoms with Gasteiger partial charge in [-0.05, 0) is 25.2 Å². The molecule has 1 saturated heterocycles. The van der Waals surface area contributed by atoms with Crippen LogP contribution in [0, 0.1) is 0 Å². The molecule has 0 radical (unpaired) electrons. The Morgan fingerprint density at radius 2 is 1.86 bits per heavy atom. The van der Waals surface area contributed by atoms with E-state index < -0.39 is 5.91 Å². The Balaban J connectivity index is 1.64. The number of carbonyl (C=O) groups is 1. The van der Waals surface area contributed by atoms with Crippen molar-refractivity contribution < 1.29 is 9.90 Å². The fourth-order valence-electron chi connectivity index (χ4n) is 3.34. The summed E-state index contributed by atoms with van der Waals surface area (Å²) in [5, 5.41) is 19.4. The third kappa shape index (κ3) is 3.64. The summed E-state index contributed by atoms with van der Waals surface area (Å²) in [5.74, 6) is -0.534. The number of carbonyl (C=O) groups excluding carboxylic acids is 1. The van der Waals surface area contributed by atoms with E-state index in [0.29, 0.717) is 12.4 Å². The van der Waals surface area contributed by atoms with Crippen LogP contribution in [0.1, 0.15) is 10.5 Å². The van der Waals surface area contributed by atoms with Gasteiger partial charge in [0.1, 0.15) is 5.69 Å². The molecule has 0 atom stereocenters. The van der Waals surface area contributed by atoms with E-state index in [4.69, 9.17) is 0 Å². The zero-order valence-corrected chi connectivity index (χ0v) is 15.7. The molecule has 0 bridgehead atoms. The van der Waals surface area contributed by atoms with Crippen LogP contribution in [-0.2, 0) is 6.67 Å². The second-order valence-corrected chi connectivity index (χ2v) is 6.90. The van der Waals surface area contributed by atoms with Crippen LogP contribution >= 0.6 is 0 Å². The van der Waals surface area contributed by atoms with Gasteiger partial charge in [0, 0.05) is 37.8 Å². The molecule has 4 rings (SSSR count). The summed E-state index contributed by atoms with van der Waals surface area (Å²) in [7, 11) is 2.11. The maximum absolute atomic E-state index is 12.2. The predicted octanol–water partition coefficient (Wildman–Crippen LogP) is 2.87. The van der Waals surface area contributed by atoms with Crippen LogP contribution in [-0.4, -0.2) is 63.6 Å². The first-order valence-electron chi connectivity index (χ1n) is 9.21. The monoisotopic (exact) mass is 378 g/mol. The normalized spacial score (nSPS) is 16.2. The molecule has 3 aromatic rings. The fourth-order valence-corrected chi connectivity index (χ4v) is 3.34. The number of hydrogen-bond donors (Lipinski definition) is 1. The SMILES string of the molecule is CN1CCN(Cn2c(O)c(N=NC(=O)c3ccccn3)c3ccccc32)CC1. The number of para-hydroxylation sites is 1. The third-order valence-electron chi connectivity index (χ3n) is 4.98. The summed E-state index contributed by atoms with van der Waals surface area (Å²) in [6.07, 6.45) is 1.53. The van der Waals surface area contributed by atoms with Gasteiger partial charge in [-0.3, -0.25) is 19.2 Å². The van der Waals surface area contributed by atoms with Gasteiger partial charge in [-0.15, -0.1) is 10.2 Å². The van der Waals surface area contributed by atoms with Gasteiger partial charge in [-0.25, -0.2) is 0 Å². The Morgan fingerprint density at radius 3 is 2.61 bits per heavy atom. The molecule has 1 aliphatic rings. The quantitative estimate of drug-likeness (QED) is 0.706. The molecule has 0 spiro atoms. The molecule has 1 aliphatic heterocycles. The number of hydrogen-bond acceptors (Lipinski definition) is 6. The van der Waals surface area contributed by atoms with E-state index >= 15 is 0 Å². The summed E-state index contributed by atoms with van der Waals surface area (Å²) in [4.78, 5) is 20.7. The Labute approximate surface area is 162 Å². The Kier molecular flexibility index (Phi) is 5.14. The lowest BCUT2D eigenvalue weighted by molar-refractivity contribution is 0.0990. The van der Waals surface area contributed by atoms with E-state index in [-0.39, 0.29) is 11.6 Å². The third-order valence-corrected chi connectivity index (χ3v) is 4.98. The minimum atomic E-state index is -0.545. The van der Waals surface area contributed by atoms with Gasteiger partial charge >= 0.3 is 5.91 Å². The van der Waals surface area contributed by atoms with Crippen molar-refractivity contribution in [1.29, 1.82) is 0 Å². The van der Waals surface area contributed by atoms with Crippen LogP contribution in [0.15, 0.2) is 58.9 Å². The highest BCUT2D eigenvalue weighted by atomic mass is 16.3. The molecule has 1 aromatic carbocycles. The van der Waals surface area contributed by atoms with E-state index in [1.165, 1.54) is 6.20 Å². The molecule has 8 nitrogen and oxygen atoms in total. The number of piperazine rings is 1. The molecule has 8 heteroatoms. The van der Waals surface area contributed by atoms with Crippen LogP contribution in [0.25, 0.3) is 10.9 Å². The van der Waals surface area contributed by atoms with E-state index in [2.05, 4.69) is 32.1 Å². The molecule has 2 aromatic heterocycles. The minimum Gasteiger partial charge on any atom is -0.493 e. The maximum atomic E-state index is 12.2. The molecule has 144 valence electrons. The van der Waals surface area contributed by atoms with Crippen molar-refractivity contribution in [3.05, 3.63) is 54.4 Å². The minimum absolute atomic E-state index is 0.0118. The molecule has 1 amide bonds. The summed E-state index contributed by atoms with van der Waals surface area (Å²) in [5.41, 5.74) is 1.37. The molecule has 0 unspecified atom stereocenters. The highest BCUT2D eigenvalue weighted by Gasteiger charge is 2.20. The molecule has 0 aliphatic carbocycles. The number of aromatic hydroxyl groups is 1. The Hall–Kier alpha value is -3.10. The van der Waals surface area contributed by atoms with E-state index in [1.54, 1.807) is 18.2 Å². The number of amides is 1. The number of likely N-dealkylation sites (N-methyl/N-ethyl adjacent to an activating group) is 1. The van der Waals surface area contributed by atoms with Gasteiger partial charge in [0.15, 0.2) is 5.69 Å². The van der Waals surface area contributed by atoms with Crippen molar-refractivity contribution >= 4 is 22.5 Å². The number of aromatic nitrogens is 2. The van der Waals surface area contributed by atoms with E-state index in [1.807, 2.05) is 28.8 Å². The first kappa shape index (κ1) is 18.3. The van der Waals surface area contributed by atoms with Crippen molar-refractivity contribution in [2.45, 2.75) is 6.67 Å². The highest BCUT2D eigenvalue weighted by Crippen LogP contribution is 2.39. The Bertz CT molecular complexity index is 1010. The van der Waals surface area contributed by atoms with Crippen molar-refractivity contribution in [3.63, 3.8) is 0 Å². The maximum Gasteiger partial charge on any atom is 0.313 e. The van der Waals surface area contributed by atoms with Crippen LogP contribution in [0.2, 0.25) is 0 Å². The lowest BCUT2D eigenvalue weighted by Crippen LogP contribution is -2.44. The van der Waals surface area contributed by atoms with Crippen LogP contribution in [0.4, 0.5) is 5.69 Å². The molecule has 0 saturated carbocycles. The number of rotatable bonds is 4. The van der Waals surface area contributed by atoms with Crippen molar-refractivity contribution in [2.24, 2.45) is 10.2 Å². The number of benzene rings is 1. The largest absolute Gasteiger partial charge is 0.493 e. The van der Waals surface area contributed by atoms with Gasteiger partial charge in [0.2, 0.25) is 5.88 Å². The van der Waals surface area contributed by atoms with Crippen LogP contribution in [0.3, 0.4) is 0 Å². The highest BCUT2D eigenvalue weighted by molar-refractivity contribution is 5.96. The van der Waals surface area contributed by atoms with Crippen molar-refractivity contribution in [1.82, 2.24) is 19.4 Å². The van der Waals surface area contributed by atoms with Gasteiger partial charge in [-0.2, -0.15) is 0 Å². The van der Waals surface area contributed by atoms with Crippen molar-refractivity contribution in [3.8, 4) is 5.88 Å². The first-order valence-corrected chi connectivity index (χ1v) is 9.21. The average Bonchev–Trinajstić information content (AvgIpc) is 3.00. The Morgan fingerprint density at radius 1 is 1.11 bits per heavy atom. The van der Waals surface area contributed by atoms with Gasteiger partial charge in [0.25, 0.3) is 0 Å². The van der Waals surface area contributed by atoms with Gasteiger partial charge in [-0.1, -0.05) is 24.3 Å². The van der Waals surface area contributed by atoms with Crippen LogP contribution < -0.4 is 0 Å². The lowest BCUT2D eigenvalue weighted by atomic mass is 10.2. The molecule has 28 heavy (non-hydrogen) atoms. The second-order valence-electron chi connectivity index (χ2n) is 6.90. The predicted molar refractivity (Wildman–Crippen MR) is 106 cm³/mol. The zero-order chi connectivity index (χ0) is 19.5. The van der Waals surface area contributed by atoms with E-state index in [9.17, 15) is 9.90 Å². The standard InChI is InChI=1S/C20H22N6O2/c1-24-10-12-25(13-11-24)14-26-17-8-3-2-6-15(17)18(20(26)28)22-23-19(27)16-7-4-5-9-21-16/h2-9,28H,10-14H2,1H3. The molecule has 3 heterocycles. The molecular weight excluding hydrogens is 356 g/mol. The van der Waals surface area contributed by atoms with Gasteiger partial charge < -0.3 is 10.0 Å².